The summed E-state index contributed by atoms with van der Waals surface area (Å²) < 4.78 is 1.82. The fourth-order valence-corrected chi connectivity index (χ4v) is 1.26. The predicted molar refractivity (Wildman–Crippen MR) is 51.4 cm³/mol. The molecule has 1 aromatic heterocycles. The van der Waals surface area contributed by atoms with E-state index in [4.69, 9.17) is 11.6 Å². The Hall–Kier alpha value is -0.500. The molecular formula is C9H15ClN2. The normalized spacial score (nSPS) is 12.0. The van der Waals surface area contributed by atoms with E-state index >= 15 is 0 Å². The summed E-state index contributed by atoms with van der Waals surface area (Å²) >= 11 is 5.82. The molecule has 0 bridgehead atoms. The van der Waals surface area contributed by atoms with E-state index in [0.29, 0.717) is 5.88 Å². The zero-order chi connectivity index (χ0) is 9.19. The molecule has 0 atom stereocenters. The van der Waals surface area contributed by atoms with Crippen LogP contribution in [-0.4, -0.2) is 15.7 Å². The highest BCUT2D eigenvalue weighted by Gasteiger charge is 2.17. The summed E-state index contributed by atoms with van der Waals surface area (Å²) in [6.45, 7) is 4.32. The molecule has 0 saturated carbocycles. The SMILES string of the molecule is Cn1cc(CC(C)(C)CCl)cn1. The lowest BCUT2D eigenvalue weighted by Crippen LogP contribution is -2.16. The van der Waals surface area contributed by atoms with Crippen molar-refractivity contribution in [2.45, 2.75) is 20.3 Å². The Morgan fingerprint density at radius 1 is 1.58 bits per heavy atom. The van der Waals surface area contributed by atoms with Crippen LogP contribution in [0.25, 0.3) is 0 Å². The molecule has 1 aromatic rings. The van der Waals surface area contributed by atoms with Crippen LogP contribution in [0.1, 0.15) is 19.4 Å². The maximum absolute atomic E-state index is 5.82. The third-order valence-electron chi connectivity index (χ3n) is 1.80. The van der Waals surface area contributed by atoms with Gasteiger partial charge in [0.1, 0.15) is 0 Å². The van der Waals surface area contributed by atoms with Crippen LogP contribution in [0.3, 0.4) is 0 Å². The largest absolute Gasteiger partial charge is 0.276 e. The van der Waals surface area contributed by atoms with Gasteiger partial charge in [0.25, 0.3) is 0 Å². The van der Waals surface area contributed by atoms with Gasteiger partial charge in [-0.1, -0.05) is 13.8 Å². The van der Waals surface area contributed by atoms with Crippen molar-refractivity contribution in [1.29, 1.82) is 0 Å². The summed E-state index contributed by atoms with van der Waals surface area (Å²) in [5.74, 6) is 0.682. The first kappa shape index (κ1) is 9.59. The highest BCUT2D eigenvalue weighted by molar-refractivity contribution is 6.18. The van der Waals surface area contributed by atoms with Crippen LogP contribution in [0.5, 0.6) is 0 Å². The molecule has 3 heteroatoms. The van der Waals surface area contributed by atoms with Crippen molar-refractivity contribution in [3.63, 3.8) is 0 Å². The van der Waals surface area contributed by atoms with Crippen LogP contribution in [0.4, 0.5) is 0 Å². The van der Waals surface area contributed by atoms with E-state index in [0.717, 1.165) is 6.42 Å². The van der Waals surface area contributed by atoms with Crippen LogP contribution < -0.4 is 0 Å². The predicted octanol–water partition coefficient (Wildman–Crippen LogP) is 2.23. The summed E-state index contributed by atoms with van der Waals surface area (Å²) in [7, 11) is 1.93. The van der Waals surface area contributed by atoms with Gasteiger partial charge in [-0.05, 0) is 17.4 Å². The molecule has 12 heavy (non-hydrogen) atoms. The van der Waals surface area contributed by atoms with Gasteiger partial charge in [0.2, 0.25) is 0 Å². The fraction of sp³-hybridized carbons (Fsp3) is 0.667. The lowest BCUT2D eigenvalue weighted by molar-refractivity contribution is 0.418. The number of hydrogen-bond donors (Lipinski definition) is 0. The minimum atomic E-state index is 0.171. The number of aromatic nitrogens is 2. The molecule has 1 heterocycles. The van der Waals surface area contributed by atoms with Crippen LogP contribution in [0.2, 0.25) is 0 Å². The number of nitrogens with zero attached hydrogens (tertiary/aromatic N) is 2. The summed E-state index contributed by atoms with van der Waals surface area (Å²) in [5, 5.41) is 4.11. The summed E-state index contributed by atoms with van der Waals surface area (Å²) in [6, 6.07) is 0. The first-order chi connectivity index (χ1) is 5.53. The highest BCUT2D eigenvalue weighted by Crippen LogP contribution is 2.22. The minimum Gasteiger partial charge on any atom is -0.276 e. The highest BCUT2D eigenvalue weighted by atomic mass is 35.5. The average Bonchev–Trinajstić information content (AvgIpc) is 2.35. The van der Waals surface area contributed by atoms with Crippen molar-refractivity contribution in [3.05, 3.63) is 18.0 Å². The molecule has 0 saturated heterocycles. The lowest BCUT2D eigenvalue weighted by Gasteiger charge is -2.19. The second-order valence-electron chi connectivity index (χ2n) is 4.00. The Balaban J connectivity index is 2.63. The molecule has 0 radical (unpaired) electrons. The zero-order valence-corrected chi connectivity index (χ0v) is 8.60. The second-order valence-corrected chi connectivity index (χ2v) is 4.26. The molecule has 0 aromatic carbocycles. The first-order valence-corrected chi connectivity index (χ1v) is 4.60. The van der Waals surface area contributed by atoms with Gasteiger partial charge in [0.15, 0.2) is 0 Å². The third kappa shape index (κ3) is 2.52. The maximum atomic E-state index is 5.82. The van der Waals surface area contributed by atoms with Gasteiger partial charge in [0.05, 0.1) is 6.20 Å². The molecule has 0 unspecified atom stereocenters. The van der Waals surface area contributed by atoms with Crippen molar-refractivity contribution >= 4 is 11.6 Å². The van der Waals surface area contributed by atoms with Crippen molar-refractivity contribution in [2.75, 3.05) is 5.88 Å². The summed E-state index contributed by atoms with van der Waals surface area (Å²) in [5.41, 5.74) is 1.42. The Bertz CT molecular complexity index is 253. The van der Waals surface area contributed by atoms with Gasteiger partial charge in [-0.2, -0.15) is 5.10 Å². The Morgan fingerprint density at radius 2 is 2.25 bits per heavy atom. The molecule has 0 N–H and O–H groups in total. The van der Waals surface area contributed by atoms with E-state index in [1.54, 1.807) is 0 Å². The van der Waals surface area contributed by atoms with E-state index < -0.39 is 0 Å². The van der Waals surface area contributed by atoms with Gasteiger partial charge in [-0.3, -0.25) is 4.68 Å². The standard InChI is InChI=1S/C9H15ClN2/c1-9(2,7-10)4-8-5-11-12(3)6-8/h5-6H,4,7H2,1-3H3. The van der Waals surface area contributed by atoms with Crippen LogP contribution >= 0.6 is 11.6 Å². The first-order valence-electron chi connectivity index (χ1n) is 4.07. The van der Waals surface area contributed by atoms with E-state index in [1.165, 1.54) is 5.56 Å². The maximum Gasteiger partial charge on any atom is 0.0521 e. The molecule has 0 aliphatic carbocycles. The molecular weight excluding hydrogens is 172 g/mol. The number of hydrogen-bond acceptors (Lipinski definition) is 1. The molecule has 1 rings (SSSR count). The van der Waals surface area contributed by atoms with Gasteiger partial charge in [0, 0.05) is 19.1 Å². The molecule has 2 nitrogen and oxygen atoms in total. The number of halogens is 1. The van der Waals surface area contributed by atoms with Crippen LogP contribution in [-0.2, 0) is 13.5 Å². The molecule has 0 amide bonds. The quantitative estimate of drug-likeness (QED) is 0.662. The van der Waals surface area contributed by atoms with Crippen LogP contribution in [0, 0.1) is 5.41 Å². The third-order valence-corrected chi connectivity index (χ3v) is 2.53. The van der Waals surface area contributed by atoms with E-state index in [9.17, 15) is 0 Å². The molecule has 0 fully saturated rings. The van der Waals surface area contributed by atoms with Gasteiger partial charge >= 0.3 is 0 Å². The smallest absolute Gasteiger partial charge is 0.0521 e. The minimum absolute atomic E-state index is 0.171. The summed E-state index contributed by atoms with van der Waals surface area (Å²) in [6.07, 6.45) is 4.92. The van der Waals surface area contributed by atoms with E-state index in [2.05, 4.69) is 18.9 Å². The summed E-state index contributed by atoms with van der Waals surface area (Å²) in [4.78, 5) is 0. The van der Waals surface area contributed by atoms with Gasteiger partial charge in [-0.15, -0.1) is 11.6 Å². The number of alkyl halides is 1. The topological polar surface area (TPSA) is 17.8 Å². The average molecular weight is 187 g/mol. The Labute approximate surface area is 78.5 Å². The Morgan fingerprint density at radius 3 is 2.67 bits per heavy atom. The van der Waals surface area contributed by atoms with E-state index in [-0.39, 0.29) is 5.41 Å². The number of aryl methyl sites for hydroxylation is 1. The molecule has 0 aliphatic heterocycles. The van der Waals surface area contributed by atoms with Gasteiger partial charge in [-0.25, -0.2) is 0 Å². The van der Waals surface area contributed by atoms with Crippen molar-refractivity contribution in [3.8, 4) is 0 Å². The van der Waals surface area contributed by atoms with Crippen molar-refractivity contribution in [1.82, 2.24) is 9.78 Å². The molecule has 0 aliphatic rings. The lowest BCUT2D eigenvalue weighted by atomic mass is 9.89. The zero-order valence-electron chi connectivity index (χ0n) is 7.84. The fourth-order valence-electron chi connectivity index (χ4n) is 1.16. The monoisotopic (exact) mass is 186 g/mol. The second kappa shape index (κ2) is 3.48. The van der Waals surface area contributed by atoms with Crippen molar-refractivity contribution < 1.29 is 0 Å². The van der Waals surface area contributed by atoms with E-state index in [1.807, 2.05) is 24.1 Å². The molecule has 0 spiro atoms. The molecule has 68 valence electrons. The number of rotatable bonds is 3. The van der Waals surface area contributed by atoms with Crippen molar-refractivity contribution in [2.24, 2.45) is 12.5 Å². The van der Waals surface area contributed by atoms with Gasteiger partial charge < -0.3 is 0 Å². The van der Waals surface area contributed by atoms with Crippen LogP contribution in [0.15, 0.2) is 12.4 Å². The Kier molecular flexibility index (Phi) is 2.78.